The van der Waals surface area contributed by atoms with Gasteiger partial charge in [0.1, 0.15) is 5.82 Å². The van der Waals surface area contributed by atoms with Crippen LogP contribution in [0.3, 0.4) is 0 Å². The van der Waals surface area contributed by atoms with Crippen LogP contribution in [0, 0.1) is 0 Å². The SMILES string of the molecule is CCCn1cccc1CNc1ccc(N(CC)CC)nc1. The summed E-state index contributed by atoms with van der Waals surface area (Å²) in [5.41, 5.74) is 2.37. The zero-order valence-corrected chi connectivity index (χ0v) is 13.3. The van der Waals surface area contributed by atoms with E-state index in [1.165, 1.54) is 5.69 Å². The van der Waals surface area contributed by atoms with Gasteiger partial charge in [0, 0.05) is 31.5 Å². The number of pyridine rings is 1. The summed E-state index contributed by atoms with van der Waals surface area (Å²) < 4.78 is 2.30. The Morgan fingerprint density at radius 2 is 1.95 bits per heavy atom. The number of hydrogen-bond acceptors (Lipinski definition) is 3. The highest BCUT2D eigenvalue weighted by molar-refractivity contribution is 5.48. The van der Waals surface area contributed by atoms with Gasteiger partial charge in [-0.15, -0.1) is 0 Å². The van der Waals surface area contributed by atoms with Crippen LogP contribution in [0.1, 0.15) is 32.9 Å². The molecular weight excluding hydrogens is 260 g/mol. The van der Waals surface area contributed by atoms with E-state index in [1.54, 1.807) is 0 Å². The Morgan fingerprint density at radius 3 is 2.57 bits per heavy atom. The minimum atomic E-state index is 0.833. The molecule has 0 aliphatic heterocycles. The largest absolute Gasteiger partial charge is 0.378 e. The van der Waals surface area contributed by atoms with Crippen LogP contribution in [0.25, 0.3) is 0 Å². The van der Waals surface area contributed by atoms with Gasteiger partial charge in [-0.2, -0.15) is 0 Å². The molecule has 21 heavy (non-hydrogen) atoms. The average Bonchev–Trinajstić information content (AvgIpc) is 2.95. The van der Waals surface area contributed by atoms with E-state index < -0.39 is 0 Å². The van der Waals surface area contributed by atoms with E-state index >= 15 is 0 Å². The molecular formula is C17H26N4. The molecule has 0 fully saturated rings. The molecule has 4 nitrogen and oxygen atoms in total. The summed E-state index contributed by atoms with van der Waals surface area (Å²) in [4.78, 5) is 6.78. The van der Waals surface area contributed by atoms with Gasteiger partial charge >= 0.3 is 0 Å². The number of rotatable bonds is 8. The molecule has 2 aromatic rings. The summed E-state index contributed by atoms with van der Waals surface area (Å²) >= 11 is 0. The molecule has 0 aromatic carbocycles. The van der Waals surface area contributed by atoms with E-state index in [9.17, 15) is 0 Å². The lowest BCUT2D eigenvalue weighted by Crippen LogP contribution is -2.22. The molecule has 0 aliphatic rings. The number of hydrogen-bond donors (Lipinski definition) is 1. The van der Waals surface area contributed by atoms with Gasteiger partial charge in [0.2, 0.25) is 0 Å². The van der Waals surface area contributed by atoms with Crippen LogP contribution in [0.5, 0.6) is 0 Å². The van der Waals surface area contributed by atoms with Crippen LogP contribution in [0.15, 0.2) is 36.7 Å². The lowest BCUT2D eigenvalue weighted by atomic mass is 10.3. The summed E-state index contributed by atoms with van der Waals surface area (Å²) in [6, 6.07) is 8.46. The monoisotopic (exact) mass is 286 g/mol. The molecule has 2 aromatic heterocycles. The Bertz CT molecular complexity index is 526. The van der Waals surface area contributed by atoms with Crippen molar-refractivity contribution in [1.82, 2.24) is 9.55 Å². The Hall–Kier alpha value is -1.97. The average molecular weight is 286 g/mol. The summed E-state index contributed by atoms with van der Waals surface area (Å²) in [7, 11) is 0. The van der Waals surface area contributed by atoms with Crippen molar-refractivity contribution >= 4 is 11.5 Å². The Kier molecular flexibility index (Phi) is 5.67. The van der Waals surface area contributed by atoms with E-state index in [1.807, 2.05) is 6.20 Å². The predicted octanol–water partition coefficient (Wildman–Crippen LogP) is 3.75. The second-order valence-electron chi connectivity index (χ2n) is 5.12. The molecule has 0 spiro atoms. The van der Waals surface area contributed by atoms with Crippen molar-refractivity contribution in [1.29, 1.82) is 0 Å². The van der Waals surface area contributed by atoms with Gasteiger partial charge in [0.25, 0.3) is 0 Å². The number of aryl methyl sites for hydroxylation is 1. The molecule has 0 bridgehead atoms. The second kappa shape index (κ2) is 7.72. The normalized spacial score (nSPS) is 10.6. The maximum atomic E-state index is 4.54. The Morgan fingerprint density at radius 1 is 1.14 bits per heavy atom. The first-order chi connectivity index (χ1) is 10.3. The molecule has 114 valence electrons. The molecule has 4 heteroatoms. The highest BCUT2D eigenvalue weighted by atomic mass is 15.2. The first-order valence-electron chi connectivity index (χ1n) is 7.87. The fourth-order valence-corrected chi connectivity index (χ4v) is 2.49. The van der Waals surface area contributed by atoms with Crippen LogP contribution in [0.4, 0.5) is 11.5 Å². The van der Waals surface area contributed by atoms with Gasteiger partial charge in [0.05, 0.1) is 18.4 Å². The van der Waals surface area contributed by atoms with Crippen molar-refractivity contribution in [3.05, 3.63) is 42.4 Å². The molecule has 1 N–H and O–H groups in total. The molecule has 0 saturated heterocycles. The number of nitrogens with one attached hydrogen (secondary N) is 1. The number of aromatic nitrogens is 2. The molecule has 2 rings (SSSR count). The van der Waals surface area contributed by atoms with E-state index in [4.69, 9.17) is 0 Å². The minimum Gasteiger partial charge on any atom is -0.378 e. The summed E-state index contributed by atoms with van der Waals surface area (Å²) in [6.07, 6.45) is 5.21. The molecule has 0 radical (unpaired) electrons. The van der Waals surface area contributed by atoms with Crippen molar-refractivity contribution in [3.8, 4) is 0 Å². The molecule has 0 aliphatic carbocycles. The van der Waals surface area contributed by atoms with Crippen LogP contribution >= 0.6 is 0 Å². The minimum absolute atomic E-state index is 0.833. The van der Waals surface area contributed by atoms with E-state index in [-0.39, 0.29) is 0 Å². The van der Waals surface area contributed by atoms with Crippen molar-refractivity contribution in [2.45, 2.75) is 40.3 Å². The molecule has 0 saturated carbocycles. The zero-order valence-electron chi connectivity index (χ0n) is 13.3. The number of anilines is 2. The fourth-order valence-electron chi connectivity index (χ4n) is 2.49. The van der Waals surface area contributed by atoms with Gasteiger partial charge in [-0.25, -0.2) is 4.98 Å². The zero-order chi connectivity index (χ0) is 15.1. The van der Waals surface area contributed by atoms with Crippen molar-refractivity contribution in [2.75, 3.05) is 23.3 Å². The lowest BCUT2D eigenvalue weighted by Gasteiger charge is -2.19. The van der Waals surface area contributed by atoms with Crippen LogP contribution < -0.4 is 10.2 Å². The maximum Gasteiger partial charge on any atom is 0.128 e. The topological polar surface area (TPSA) is 33.1 Å². The summed E-state index contributed by atoms with van der Waals surface area (Å²) in [5, 5.41) is 3.45. The van der Waals surface area contributed by atoms with Crippen molar-refractivity contribution in [2.24, 2.45) is 0 Å². The molecule has 0 amide bonds. The third-order valence-electron chi connectivity index (χ3n) is 3.70. The van der Waals surface area contributed by atoms with Crippen LogP contribution in [0.2, 0.25) is 0 Å². The third kappa shape index (κ3) is 4.00. The predicted molar refractivity (Wildman–Crippen MR) is 89.8 cm³/mol. The summed E-state index contributed by atoms with van der Waals surface area (Å²) in [6.45, 7) is 10.4. The standard InChI is InChI=1S/C17H26N4/c1-4-11-21-12-7-8-16(21)14-18-15-9-10-17(19-13-15)20(5-2)6-3/h7-10,12-13,18H,4-6,11,14H2,1-3H3. The van der Waals surface area contributed by atoms with Gasteiger partial charge in [-0.3, -0.25) is 0 Å². The second-order valence-corrected chi connectivity index (χ2v) is 5.12. The highest BCUT2D eigenvalue weighted by Gasteiger charge is 2.04. The quantitative estimate of drug-likeness (QED) is 0.802. The molecule has 0 atom stereocenters. The van der Waals surface area contributed by atoms with Crippen molar-refractivity contribution < 1.29 is 0 Å². The van der Waals surface area contributed by atoms with Crippen LogP contribution in [-0.2, 0) is 13.1 Å². The Balaban J connectivity index is 1.96. The smallest absolute Gasteiger partial charge is 0.128 e. The molecule has 2 heterocycles. The van der Waals surface area contributed by atoms with Gasteiger partial charge in [0.15, 0.2) is 0 Å². The lowest BCUT2D eigenvalue weighted by molar-refractivity contribution is 0.654. The van der Waals surface area contributed by atoms with Crippen LogP contribution in [-0.4, -0.2) is 22.6 Å². The van der Waals surface area contributed by atoms with E-state index in [2.05, 4.69) is 71.0 Å². The molecule has 0 unspecified atom stereocenters. The third-order valence-corrected chi connectivity index (χ3v) is 3.70. The first kappa shape index (κ1) is 15.4. The van der Waals surface area contributed by atoms with Gasteiger partial charge in [-0.1, -0.05) is 6.92 Å². The van der Waals surface area contributed by atoms with Crippen molar-refractivity contribution in [3.63, 3.8) is 0 Å². The highest BCUT2D eigenvalue weighted by Crippen LogP contribution is 2.15. The number of nitrogens with zero attached hydrogens (tertiary/aromatic N) is 3. The first-order valence-corrected chi connectivity index (χ1v) is 7.87. The van der Waals surface area contributed by atoms with Gasteiger partial charge < -0.3 is 14.8 Å². The van der Waals surface area contributed by atoms with Gasteiger partial charge in [-0.05, 0) is 44.5 Å². The maximum absolute atomic E-state index is 4.54. The fraction of sp³-hybridized carbons (Fsp3) is 0.471. The Labute approximate surface area is 127 Å². The summed E-state index contributed by atoms with van der Waals surface area (Å²) in [5.74, 6) is 1.04. The van der Waals surface area contributed by atoms with E-state index in [0.717, 1.165) is 44.1 Å². The van der Waals surface area contributed by atoms with E-state index in [0.29, 0.717) is 0 Å².